The number of carbonyl (C=O) groups excluding carboxylic acids is 1. The van der Waals surface area contributed by atoms with Crippen LogP contribution in [0.1, 0.15) is 56.1 Å². The third-order valence-corrected chi connectivity index (χ3v) is 7.81. The Morgan fingerprint density at radius 3 is 2.38 bits per heavy atom. The molecule has 0 amide bonds. The van der Waals surface area contributed by atoms with Crippen LogP contribution in [0.5, 0.6) is 11.5 Å². The van der Waals surface area contributed by atoms with Gasteiger partial charge in [-0.2, -0.15) is 5.26 Å². The molecular formula is C28H32N2O4. The lowest BCUT2D eigenvalue weighted by molar-refractivity contribution is -0.154. The third-order valence-electron chi connectivity index (χ3n) is 7.81. The maximum atomic E-state index is 13.0. The molecule has 2 saturated carbocycles. The van der Waals surface area contributed by atoms with E-state index in [2.05, 4.69) is 11.0 Å². The second-order valence-corrected chi connectivity index (χ2v) is 9.81. The van der Waals surface area contributed by atoms with Crippen molar-refractivity contribution in [2.24, 2.45) is 0 Å². The Morgan fingerprint density at radius 1 is 1.06 bits per heavy atom. The maximum absolute atomic E-state index is 13.0. The molecule has 3 aliphatic rings. The number of hydrogen-bond acceptors (Lipinski definition) is 6. The van der Waals surface area contributed by atoms with Gasteiger partial charge in [-0.25, -0.2) is 0 Å². The molecule has 0 radical (unpaired) electrons. The summed E-state index contributed by atoms with van der Waals surface area (Å²) in [5.74, 6) is 1.30. The number of methoxy groups -OCH3 is 1. The number of nitriles is 1. The van der Waals surface area contributed by atoms with Gasteiger partial charge >= 0.3 is 5.97 Å². The fourth-order valence-corrected chi connectivity index (χ4v) is 5.14. The number of nitrogens with zero attached hydrogens (tertiary/aromatic N) is 2. The molecule has 0 unspecified atom stereocenters. The smallest absolute Gasteiger partial charge is 0.326 e. The third kappa shape index (κ3) is 4.25. The zero-order chi connectivity index (χ0) is 23.6. The minimum absolute atomic E-state index is 0.138. The predicted octanol–water partition coefficient (Wildman–Crippen LogP) is 4.76. The van der Waals surface area contributed by atoms with Crippen LogP contribution in [-0.4, -0.2) is 42.7 Å². The van der Waals surface area contributed by atoms with Gasteiger partial charge in [-0.15, -0.1) is 0 Å². The normalized spacial score (nSPS) is 21.1. The fourth-order valence-electron chi connectivity index (χ4n) is 5.14. The van der Waals surface area contributed by atoms with Gasteiger partial charge in [-0.3, -0.25) is 9.69 Å². The summed E-state index contributed by atoms with van der Waals surface area (Å²) in [6, 6.07) is 18.3. The maximum Gasteiger partial charge on any atom is 0.326 e. The predicted molar refractivity (Wildman–Crippen MR) is 128 cm³/mol. The molecule has 2 aliphatic carbocycles. The van der Waals surface area contributed by atoms with E-state index in [4.69, 9.17) is 14.2 Å². The number of benzene rings is 2. The SMILES string of the molecule is COc1ccc(C2(C#N)CCN(C3(C(=O)OCc4ccccc4)CC3)CC2)cc1OC1CCC1. The molecule has 5 rings (SSSR count). The summed E-state index contributed by atoms with van der Waals surface area (Å²) >= 11 is 0. The van der Waals surface area contributed by atoms with Crippen LogP contribution in [-0.2, 0) is 21.6 Å². The van der Waals surface area contributed by atoms with Gasteiger partial charge in [-0.1, -0.05) is 36.4 Å². The summed E-state index contributed by atoms with van der Waals surface area (Å²) in [6.07, 6.45) is 6.55. The molecule has 2 aromatic rings. The highest BCUT2D eigenvalue weighted by atomic mass is 16.5. The molecule has 1 heterocycles. The first-order valence-corrected chi connectivity index (χ1v) is 12.3. The Hall–Kier alpha value is -3.04. The summed E-state index contributed by atoms with van der Waals surface area (Å²) < 4.78 is 17.4. The van der Waals surface area contributed by atoms with Gasteiger partial charge in [-0.05, 0) is 68.2 Å². The number of hydrogen-bond donors (Lipinski definition) is 0. The molecule has 0 aromatic heterocycles. The van der Waals surface area contributed by atoms with E-state index < -0.39 is 11.0 Å². The van der Waals surface area contributed by atoms with Crippen molar-refractivity contribution in [1.29, 1.82) is 5.26 Å². The summed E-state index contributed by atoms with van der Waals surface area (Å²) in [4.78, 5) is 15.2. The Balaban J connectivity index is 1.26. The summed E-state index contributed by atoms with van der Waals surface area (Å²) in [5.41, 5.74) is 0.855. The lowest BCUT2D eigenvalue weighted by Gasteiger charge is -2.41. The molecule has 2 aromatic carbocycles. The van der Waals surface area contributed by atoms with Crippen LogP contribution in [0, 0.1) is 11.3 Å². The van der Waals surface area contributed by atoms with Crippen molar-refractivity contribution in [2.75, 3.05) is 20.2 Å². The van der Waals surface area contributed by atoms with E-state index in [1.807, 2.05) is 48.5 Å². The van der Waals surface area contributed by atoms with E-state index in [0.717, 1.165) is 42.6 Å². The lowest BCUT2D eigenvalue weighted by Crippen LogP contribution is -2.51. The number of rotatable bonds is 8. The molecule has 0 bridgehead atoms. The van der Waals surface area contributed by atoms with Gasteiger partial charge in [0.2, 0.25) is 0 Å². The lowest BCUT2D eigenvalue weighted by atomic mass is 9.73. The average molecular weight is 461 g/mol. The molecule has 0 spiro atoms. The second-order valence-electron chi connectivity index (χ2n) is 9.81. The van der Waals surface area contributed by atoms with Crippen LogP contribution in [0.2, 0.25) is 0 Å². The van der Waals surface area contributed by atoms with Crippen molar-refractivity contribution in [3.8, 4) is 17.6 Å². The minimum Gasteiger partial charge on any atom is -0.493 e. The van der Waals surface area contributed by atoms with Crippen LogP contribution in [0.25, 0.3) is 0 Å². The van der Waals surface area contributed by atoms with Gasteiger partial charge in [0.15, 0.2) is 11.5 Å². The number of likely N-dealkylation sites (tertiary alicyclic amines) is 1. The highest BCUT2D eigenvalue weighted by Gasteiger charge is 2.57. The molecule has 6 nitrogen and oxygen atoms in total. The molecule has 1 saturated heterocycles. The van der Waals surface area contributed by atoms with E-state index in [0.29, 0.717) is 38.3 Å². The quantitative estimate of drug-likeness (QED) is 0.529. The molecule has 0 N–H and O–H groups in total. The highest BCUT2D eigenvalue weighted by Crippen LogP contribution is 2.48. The molecule has 34 heavy (non-hydrogen) atoms. The van der Waals surface area contributed by atoms with E-state index in [9.17, 15) is 10.1 Å². The van der Waals surface area contributed by atoms with Crippen LogP contribution in [0.4, 0.5) is 0 Å². The fraction of sp³-hybridized carbons (Fsp3) is 0.500. The number of esters is 1. The van der Waals surface area contributed by atoms with Crippen molar-refractivity contribution in [1.82, 2.24) is 4.90 Å². The van der Waals surface area contributed by atoms with Gasteiger partial charge in [0.1, 0.15) is 12.1 Å². The Morgan fingerprint density at radius 2 is 1.79 bits per heavy atom. The summed E-state index contributed by atoms with van der Waals surface area (Å²) in [7, 11) is 1.65. The average Bonchev–Trinajstić information content (AvgIpc) is 3.67. The number of ether oxygens (including phenoxy) is 3. The van der Waals surface area contributed by atoms with Gasteiger partial charge in [0, 0.05) is 13.1 Å². The van der Waals surface area contributed by atoms with Crippen LogP contribution in [0.3, 0.4) is 0 Å². The molecular weight excluding hydrogens is 428 g/mol. The van der Waals surface area contributed by atoms with Gasteiger partial charge in [0.05, 0.1) is 24.7 Å². The Kier molecular flexibility index (Phi) is 6.22. The Labute approximate surface area is 201 Å². The van der Waals surface area contributed by atoms with Crippen LogP contribution >= 0.6 is 0 Å². The zero-order valence-electron chi connectivity index (χ0n) is 19.8. The number of piperidine rings is 1. The molecule has 3 fully saturated rings. The summed E-state index contributed by atoms with van der Waals surface area (Å²) in [5, 5.41) is 10.2. The molecule has 1 aliphatic heterocycles. The molecule has 6 heteroatoms. The Bertz CT molecular complexity index is 1060. The van der Waals surface area contributed by atoms with Gasteiger partial charge < -0.3 is 14.2 Å². The first kappa shape index (κ1) is 22.7. The number of carbonyl (C=O) groups is 1. The van der Waals surface area contributed by atoms with E-state index in [1.165, 1.54) is 6.42 Å². The van der Waals surface area contributed by atoms with Crippen molar-refractivity contribution in [2.45, 2.75) is 68.6 Å². The van der Waals surface area contributed by atoms with E-state index in [-0.39, 0.29) is 12.1 Å². The second kappa shape index (κ2) is 9.31. The van der Waals surface area contributed by atoms with Crippen molar-refractivity contribution in [3.05, 3.63) is 59.7 Å². The van der Waals surface area contributed by atoms with Crippen LogP contribution in [0.15, 0.2) is 48.5 Å². The van der Waals surface area contributed by atoms with Crippen molar-refractivity contribution >= 4 is 5.97 Å². The highest BCUT2D eigenvalue weighted by molar-refractivity contribution is 5.84. The standard InChI is InChI=1S/C28H32N2O4/c1-32-24-11-10-22(18-25(24)34-23-8-5-9-23)27(20-29)14-16-30(17-15-27)28(12-13-28)26(31)33-19-21-6-3-2-4-7-21/h2-4,6-7,10-11,18,23H,5,8-9,12-17,19H2,1H3. The minimum atomic E-state index is -0.593. The van der Waals surface area contributed by atoms with Crippen LogP contribution < -0.4 is 9.47 Å². The molecule has 0 atom stereocenters. The first-order chi connectivity index (χ1) is 16.6. The largest absolute Gasteiger partial charge is 0.493 e. The van der Waals surface area contributed by atoms with Crippen molar-refractivity contribution in [3.63, 3.8) is 0 Å². The van der Waals surface area contributed by atoms with E-state index in [1.54, 1.807) is 7.11 Å². The van der Waals surface area contributed by atoms with Crippen molar-refractivity contribution < 1.29 is 19.0 Å². The van der Waals surface area contributed by atoms with Gasteiger partial charge in [0.25, 0.3) is 0 Å². The van der Waals surface area contributed by atoms with E-state index >= 15 is 0 Å². The monoisotopic (exact) mass is 460 g/mol. The first-order valence-electron chi connectivity index (χ1n) is 12.3. The summed E-state index contributed by atoms with van der Waals surface area (Å²) in [6.45, 7) is 1.69. The topological polar surface area (TPSA) is 71.8 Å². The zero-order valence-corrected chi connectivity index (χ0v) is 19.8. The molecule has 178 valence electrons.